The van der Waals surface area contributed by atoms with Gasteiger partial charge in [-0.25, -0.2) is 4.79 Å². The molecule has 0 heterocycles. The van der Waals surface area contributed by atoms with Crippen LogP contribution in [0.4, 0.5) is 5.69 Å². The van der Waals surface area contributed by atoms with E-state index in [4.69, 9.17) is 15.5 Å². The van der Waals surface area contributed by atoms with Crippen molar-refractivity contribution in [3.8, 4) is 6.07 Å². The molecule has 0 unspecified atom stereocenters. The zero-order chi connectivity index (χ0) is 15.8. The fourth-order valence-electron chi connectivity index (χ4n) is 1.51. The molecule has 110 valence electrons. The van der Waals surface area contributed by atoms with E-state index in [-0.39, 0.29) is 30.0 Å². The van der Waals surface area contributed by atoms with Crippen molar-refractivity contribution in [1.29, 1.82) is 5.26 Å². The van der Waals surface area contributed by atoms with Crippen LogP contribution in [0.2, 0.25) is 0 Å². The van der Waals surface area contributed by atoms with Gasteiger partial charge in [0.15, 0.2) is 0 Å². The topological polar surface area (TPSA) is 114 Å². The molecule has 0 saturated carbocycles. The van der Waals surface area contributed by atoms with Crippen LogP contribution in [-0.4, -0.2) is 47.2 Å². The number of nitrogens with zero attached hydrogens (tertiary/aromatic N) is 2. The zero-order valence-corrected chi connectivity index (χ0v) is 11.4. The van der Waals surface area contributed by atoms with Gasteiger partial charge in [0.1, 0.15) is 11.6 Å². The number of aromatic carboxylic acids is 1. The molecule has 7 nitrogen and oxygen atoms in total. The largest absolute Gasteiger partial charge is 0.478 e. The summed E-state index contributed by atoms with van der Waals surface area (Å²) in [5, 5.41) is 29.1. The van der Waals surface area contributed by atoms with E-state index in [9.17, 15) is 9.59 Å². The first-order valence-electron chi connectivity index (χ1n) is 6.05. The highest BCUT2D eigenvalue weighted by atomic mass is 16.4. The molecular formula is C14H15N3O4. The van der Waals surface area contributed by atoms with Crippen molar-refractivity contribution in [2.45, 2.75) is 0 Å². The van der Waals surface area contributed by atoms with Gasteiger partial charge in [0.25, 0.3) is 5.91 Å². The van der Waals surface area contributed by atoms with Crippen molar-refractivity contribution in [1.82, 2.24) is 4.90 Å². The molecule has 0 aliphatic rings. The van der Waals surface area contributed by atoms with Crippen LogP contribution >= 0.6 is 0 Å². The lowest BCUT2D eigenvalue weighted by atomic mass is 10.2. The number of carboxylic acids is 1. The molecular weight excluding hydrogens is 274 g/mol. The van der Waals surface area contributed by atoms with Gasteiger partial charge < -0.3 is 20.4 Å². The van der Waals surface area contributed by atoms with Crippen LogP contribution in [0.5, 0.6) is 0 Å². The Morgan fingerprint density at radius 2 is 2.19 bits per heavy atom. The van der Waals surface area contributed by atoms with E-state index in [0.29, 0.717) is 0 Å². The van der Waals surface area contributed by atoms with Crippen LogP contribution in [0.3, 0.4) is 0 Å². The molecule has 21 heavy (non-hydrogen) atoms. The lowest BCUT2D eigenvalue weighted by molar-refractivity contribution is -0.112. The summed E-state index contributed by atoms with van der Waals surface area (Å²) in [5.41, 5.74) is 0.172. The molecule has 0 aromatic heterocycles. The lowest BCUT2D eigenvalue weighted by Gasteiger charge is -2.12. The summed E-state index contributed by atoms with van der Waals surface area (Å²) in [6, 6.07) is 7.47. The van der Waals surface area contributed by atoms with Gasteiger partial charge in [-0.05, 0) is 18.2 Å². The van der Waals surface area contributed by atoms with E-state index < -0.39 is 11.9 Å². The number of carbonyl (C=O) groups excluding carboxylic acids is 1. The van der Waals surface area contributed by atoms with Gasteiger partial charge >= 0.3 is 5.97 Å². The Bertz CT molecular complexity index is 604. The summed E-state index contributed by atoms with van der Waals surface area (Å²) in [4.78, 5) is 24.3. The number of amides is 1. The fraction of sp³-hybridized carbons (Fsp3) is 0.214. The third kappa shape index (κ3) is 4.97. The third-order valence-electron chi connectivity index (χ3n) is 2.53. The number of benzene rings is 1. The Morgan fingerprint density at radius 1 is 1.48 bits per heavy atom. The predicted octanol–water partition coefficient (Wildman–Crippen LogP) is 0.655. The van der Waals surface area contributed by atoms with Crippen molar-refractivity contribution in [2.24, 2.45) is 0 Å². The summed E-state index contributed by atoms with van der Waals surface area (Å²) in [6.45, 7) is 0.181. The molecule has 1 amide bonds. The molecule has 1 aromatic carbocycles. The Morgan fingerprint density at radius 3 is 2.76 bits per heavy atom. The quantitative estimate of drug-likeness (QED) is 0.523. The number of aliphatic hydroxyl groups excluding tert-OH is 1. The number of rotatable bonds is 6. The minimum atomic E-state index is -1.11. The molecule has 1 aromatic rings. The summed E-state index contributed by atoms with van der Waals surface area (Å²) < 4.78 is 0. The number of anilines is 1. The van der Waals surface area contributed by atoms with Crippen molar-refractivity contribution >= 4 is 17.6 Å². The Hall–Kier alpha value is -2.85. The third-order valence-corrected chi connectivity index (χ3v) is 2.53. The van der Waals surface area contributed by atoms with Crippen molar-refractivity contribution in [3.63, 3.8) is 0 Å². The molecule has 0 aliphatic heterocycles. The van der Waals surface area contributed by atoms with Crippen molar-refractivity contribution in [2.75, 3.05) is 25.5 Å². The second-order valence-electron chi connectivity index (χ2n) is 4.20. The van der Waals surface area contributed by atoms with Gasteiger partial charge in [-0.2, -0.15) is 5.26 Å². The van der Waals surface area contributed by atoms with Crippen LogP contribution in [0.15, 0.2) is 36.0 Å². The smallest absolute Gasteiger partial charge is 0.335 e. The molecule has 7 heteroatoms. The van der Waals surface area contributed by atoms with E-state index in [1.165, 1.54) is 35.4 Å². The van der Waals surface area contributed by atoms with Gasteiger partial charge in [-0.1, -0.05) is 6.07 Å². The number of nitrogens with one attached hydrogen (secondary N) is 1. The first-order valence-corrected chi connectivity index (χ1v) is 6.05. The zero-order valence-electron chi connectivity index (χ0n) is 11.4. The fourth-order valence-corrected chi connectivity index (χ4v) is 1.51. The highest BCUT2D eigenvalue weighted by Gasteiger charge is 2.11. The Labute approximate surface area is 121 Å². The van der Waals surface area contributed by atoms with Crippen LogP contribution in [-0.2, 0) is 4.79 Å². The van der Waals surface area contributed by atoms with E-state index >= 15 is 0 Å². The highest BCUT2D eigenvalue weighted by molar-refractivity contribution is 6.06. The monoisotopic (exact) mass is 289 g/mol. The highest BCUT2D eigenvalue weighted by Crippen LogP contribution is 2.12. The Kier molecular flexibility index (Phi) is 5.92. The molecule has 3 N–H and O–H groups in total. The minimum Gasteiger partial charge on any atom is -0.478 e. The summed E-state index contributed by atoms with van der Waals surface area (Å²) >= 11 is 0. The average molecular weight is 289 g/mol. The number of nitriles is 1. The predicted molar refractivity (Wildman–Crippen MR) is 75.4 cm³/mol. The second-order valence-corrected chi connectivity index (χ2v) is 4.20. The second kappa shape index (κ2) is 7.67. The summed E-state index contributed by atoms with van der Waals surface area (Å²) in [6.07, 6.45) is 1.31. The Balaban J connectivity index is 2.86. The molecule has 0 fully saturated rings. The van der Waals surface area contributed by atoms with Gasteiger partial charge in [0.05, 0.1) is 12.2 Å². The molecule has 1 rings (SSSR count). The van der Waals surface area contributed by atoms with Crippen LogP contribution in [0.1, 0.15) is 10.4 Å². The first-order chi connectivity index (χ1) is 9.97. The van der Waals surface area contributed by atoms with E-state index in [0.717, 1.165) is 0 Å². The number of hydrogen-bond acceptors (Lipinski definition) is 5. The van der Waals surface area contributed by atoms with Crippen molar-refractivity contribution < 1.29 is 19.8 Å². The first kappa shape index (κ1) is 16.2. The van der Waals surface area contributed by atoms with Crippen LogP contribution in [0.25, 0.3) is 0 Å². The maximum atomic E-state index is 11.9. The van der Waals surface area contributed by atoms with Crippen molar-refractivity contribution in [3.05, 3.63) is 41.6 Å². The number of hydrogen-bond donors (Lipinski definition) is 3. The maximum absolute atomic E-state index is 11.9. The maximum Gasteiger partial charge on any atom is 0.335 e. The molecule has 0 bridgehead atoms. The lowest BCUT2D eigenvalue weighted by Crippen LogP contribution is -2.20. The SMILES string of the molecule is CN(/C=C(/C#N)C(=O)Nc1cccc(C(=O)O)c1)CCO. The van der Waals surface area contributed by atoms with Gasteiger partial charge in [0, 0.05) is 25.5 Å². The summed E-state index contributed by atoms with van der Waals surface area (Å²) in [7, 11) is 1.62. The number of likely N-dealkylation sites (N-methyl/N-ethyl adjacent to an activating group) is 1. The normalized spacial score (nSPS) is 10.6. The van der Waals surface area contributed by atoms with E-state index in [2.05, 4.69) is 5.32 Å². The van der Waals surface area contributed by atoms with Gasteiger partial charge in [-0.15, -0.1) is 0 Å². The van der Waals surface area contributed by atoms with E-state index in [1.54, 1.807) is 13.1 Å². The van der Waals surface area contributed by atoms with E-state index in [1.807, 2.05) is 0 Å². The van der Waals surface area contributed by atoms with Crippen LogP contribution < -0.4 is 5.32 Å². The molecule has 0 aliphatic carbocycles. The average Bonchev–Trinajstić information content (AvgIpc) is 2.45. The molecule has 0 saturated heterocycles. The van der Waals surface area contributed by atoms with Gasteiger partial charge in [0.2, 0.25) is 0 Å². The van der Waals surface area contributed by atoms with Gasteiger partial charge in [-0.3, -0.25) is 4.79 Å². The number of carboxylic acid groups (broad SMARTS) is 1. The standard InChI is InChI=1S/C14H15N3O4/c1-17(5-6-18)9-11(8-15)13(19)16-12-4-2-3-10(7-12)14(20)21/h2-4,7,9,18H,5-6H2,1H3,(H,16,19)(H,20,21)/b11-9-. The molecule has 0 radical (unpaired) electrons. The van der Waals surface area contributed by atoms with Crippen LogP contribution in [0, 0.1) is 11.3 Å². The number of carbonyl (C=O) groups is 2. The minimum absolute atomic E-state index is 0.0349. The molecule has 0 atom stereocenters. The molecule has 0 spiro atoms. The summed E-state index contributed by atoms with van der Waals surface area (Å²) in [5.74, 6) is -1.75. The number of aliphatic hydroxyl groups is 1.